The topological polar surface area (TPSA) is 41.6 Å². The molecule has 1 saturated heterocycles. The molecule has 0 bridgehead atoms. The number of methoxy groups -OCH3 is 1. The van der Waals surface area contributed by atoms with E-state index in [9.17, 15) is 4.79 Å². The number of nitrogens with zero attached hydrogens (tertiary/aromatic N) is 1. The molecule has 1 spiro atoms. The molecule has 1 aliphatic heterocycles. The number of hydrogen-bond acceptors (Lipinski definition) is 3. The summed E-state index contributed by atoms with van der Waals surface area (Å²) >= 11 is 6.14. The number of anilines is 1. The minimum absolute atomic E-state index is 0.136. The second-order valence-corrected chi connectivity index (χ2v) is 8.39. The van der Waals surface area contributed by atoms with Crippen LogP contribution < -0.4 is 10.1 Å². The van der Waals surface area contributed by atoms with Crippen LogP contribution >= 0.6 is 11.6 Å². The summed E-state index contributed by atoms with van der Waals surface area (Å²) < 4.78 is 5.15. The van der Waals surface area contributed by atoms with E-state index >= 15 is 0 Å². The maximum Gasteiger partial charge on any atom is 0.228 e. The van der Waals surface area contributed by atoms with Gasteiger partial charge in [0.1, 0.15) is 5.75 Å². The summed E-state index contributed by atoms with van der Waals surface area (Å²) in [4.78, 5) is 15.2. The molecule has 5 heteroatoms. The number of likely N-dealkylation sites (tertiary alicyclic amines) is 1. The van der Waals surface area contributed by atoms with Crippen molar-refractivity contribution in [1.82, 2.24) is 4.90 Å². The lowest BCUT2D eigenvalue weighted by atomic mass is 9.90. The van der Waals surface area contributed by atoms with E-state index in [2.05, 4.69) is 24.1 Å². The highest BCUT2D eigenvalue weighted by atomic mass is 35.5. The van der Waals surface area contributed by atoms with Gasteiger partial charge in [-0.3, -0.25) is 4.79 Å². The van der Waals surface area contributed by atoms with E-state index in [4.69, 9.17) is 16.3 Å². The summed E-state index contributed by atoms with van der Waals surface area (Å²) in [7, 11) is 1.58. The average molecular weight is 365 g/mol. The summed E-state index contributed by atoms with van der Waals surface area (Å²) in [5.41, 5.74) is 0.988. The Hall–Kier alpha value is -1.26. The van der Waals surface area contributed by atoms with E-state index < -0.39 is 0 Å². The highest BCUT2D eigenvalue weighted by Gasteiger charge is 2.58. The zero-order valence-corrected chi connectivity index (χ0v) is 16.2. The van der Waals surface area contributed by atoms with Crippen LogP contribution in [0.4, 0.5) is 5.69 Å². The second-order valence-electron chi connectivity index (χ2n) is 7.98. The Morgan fingerprint density at radius 2 is 2.12 bits per heavy atom. The zero-order valence-electron chi connectivity index (χ0n) is 15.5. The zero-order chi connectivity index (χ0) is 18.0. The summed E-state index contributed by atoms with van der Waals surface area (Å²) in [5.74, 6) is 1.67. The minimum Gasteiger partial charge on any atom is -0.495 e. The van der Waals surface area contributed by atoms with Crippen LogP contribution in [0.3, 0.4) is 0 Å². The van der Waals surface area contributed by atoms with E-state index in [0.717, 1.165) is 44.0 Å². The number of carbonyl (C=O) groups is 1. The second kappa shape index (κ2) is 7.55. The van der Waals surface area contributed by atoms with Gasteiger partial charge < -0.3 is 15.0 Å². The summed E-state index contributed by atoms with van der Waals surface area (Å²) in [6.07, 6.45) is 4.58. The smallest absolute Gasteiger partial charge is 0.228 e. The van der Waals surface area contributed by atoms with Crippen LogP contribution in [0.2, 0.25) is 5.02 Å². The van der Waals surface area contributed by atoms with Crippen molar-refractivity contribution >= 4 is 23.2 Å². The molecule has 1 aromatic carbocycles. The summed E-state index contributed by atoms with van der Waals surface area (Å²) in [6.45, 7) is 8.00. The number of amides is 1. The fraction of sp³-hybridized carbons (Fsp3) is 0.650. The van der Waals surface area contributed by atoms with Crippen molar-refractivity contribution in [3.05, 3.63) is 23.2 Å². The van der Waals surface area contributed by atoms with Gasteiger partial charge >= 0.3 is 0 Å². The molecular weight excluding hydrogens is 336 g/mol. The maximum absolute atomic E-state index is 12.6. The van der Waals surface area contributed by atoms with Crippen molar-refractivity contribution in [2.45, 2.75) is 39.5 Å². The number of nitrogens with one attached hydrogen (secondary N) is 1. The van der Waals surface area contributed by atoms with Gasteiger partial charge in [0, 0.05) is 11.6 Å². The van der Waals surface area contributed by atoms with Gasteiger partial charge in [-0.25, -0.2) is 0 Å². The molecule has 0 aromatic heterocycles. The van der Waals surface area contributed by atoms with Gasteiger partial charge in [0.2, 0.25) is 5.91 Å². The van der Waals surface area contributed by atoms with Gasteiger partial charge in [0.15, 0.2) is 0 Å². The molecule has 1 saturated carbocycles. The van der Waals surface area contributed by atoms with Gasteiger partial charge in [0.05, 0.1) is 12.1 Å². The minimum atomic E-state index is 0.136. The molecule has 138 valence electrons. The number of piperidine rings is 1. The van der Waals surface area contributed by atoms with Crippen molar-refractivity contribution in [2.75, 3.05) is 32.1 Å². The summed E-state index contributed by atoms with van der Waals surface area (Å²) in [6, 6.07) is 5.38. The molecule has 1 atom stereocenters. The molecule has 1 N–H and O–H groups in total. The third-order valence-electron chi connectivity index (χ3n) is 5.80. The first-order valence-electron chi connectivity index (χ1n) is 9.30. The molecule has 25 heavy (non-hydrogen) atoms. The fourth-order valence-corrected chi connectivity index (χ4v) is 4.16. The molecule has 1 amide bonds. The number of rotatable bonds is 6. The van der Waals surface area contributed by atoms with Crippen LogP contribution in [-0.4, -0.2) is 37.6 Å². The Labute approximate surface area is 155 Å². The standard InChI is InChI=1S/C20H29ClN2O2/c1-14(2)6-9-23-10-7-20(8-11-23)13-16(20)19(24)22-15-4-5-18(25-3)17(21)12-15/h4-5,12,14,16H,6-11,13H2,1-3H3,(H,22,24). The van der Waals surface area contributed by atoms with Crippen LogP contribution in [0.25, 0.3) is 0 Å². The molecule has 2 fully saturated rings. The Morgan fingerprint density at radius 1 is 1.40 bits per heavy atom. The molecule has 1 aromatic rings. The van der Waals surface area contributed by atoms with Gasteiger partial charge in [-0.05, 0) is 74.8 Å². The first-order chi connectivity index (χ1) is 11.9. The van der Waals surface area contributed by atoms with Gasteiger partial charge in [-0.15, -0.1) is 0 Å². The van der Waals surface area contributed by atoms with E-state index in [1.165, 1.54) is 13.0 Å². The first kappa shape index (κ1) is 18.5. The third kappa shape index (κ3) is 4.29. The number of ether oxygens (including phenoxy) is 1. The monoisotopic (exact) mass is 364 g/mol. The Balaban J connectivity index is 1.50. The van der Waals surface area contributed by atoms with Crippen molar-refractivity contribution in [1.29, 1.82) is 0 Å². The largest absolute Gasteiger partial charge is 0.495 e. The van der Waals surface area contributed by atoms with E-state index in [1.807, 2.05) is 6.07 Å². The molecule has 0 radical (unpaired) electrons. The number of halogens is 1. The third-order valence-corrected chi connectivity index (χ3v) is 6.10. The molecule has 1 aliphatic carbocycles. The van der Waals surface area contributed by atoms with Crippen LogP contribution in [0, 0.1) is 17.3 Å². The fourth-order valence-electron chi connectivity index (χ4n) is 3.91. The maximum atomic E-state index is 12.6. The number of benzene rings is 1. The van der Waals surface area contributed by atoms with Crippen molar-refractivity contribution in [2.24, 2.45) is 17.3 Å². The van der Waals surface area contributed by atoms with E-state index in [-0.39, 0.29) is 17.2 Å². The van der Waals surface area contributed by atoms with Gasteiger partial charge in [-0.1, -0.05) is 25.4 Å². The van der Waals surface area contributed by atoms with Crippen LogP contribution in [0.15, 0.2) is 18.2 Å². The Morgan fingerprint density at radius 3 is 2.72 bits per heavy atom. The summed E-state index contributed by atoms with van der Waals surface area (Å²) in [5, 5.41) is 3.54. The lowest BCUT2D eigenvalue weighted by Crippen LogP contribution is -2.37. The highest BCUT2D eigenvalue weighted by Crippen LogP contribution is 2.59. The van der Waals surface area contributed by atoms with Gasteiger partial charge in [-0.2, -0.15) is 0 Å². The normalized spacial score (nSPS) is 22.2. The molecule has 4 nitrogen and oxygen atoms in total. The number of carbonyl (C=O) groups excluding carboxylic acids is 1. The Kier molecular flexibility index (Phi) is 5.59. The van der Waals surface area contributed by atoms with Crippen molar-refractivity contribution in [3.63, 3.8) is 0 Å². The SMILES string of the molecule is COc1ccc(NC(=O)C2CC23CCN(CCC(C)C)CC3)cc1Cl. The molecule has 1 unspecified atom stereocenters. The van der Waals surface area contributed by atoms with Crippen molar-refractivity contribution in [3.8, 4) is 5.75 Å². The van der Waals surface area contributed by atoms with Crippen LogP contribution in [0.5, 0.6) is 5.75 Å². The lowest BCUT2D eigenvalue weighted by Gasteiger charge is -2.33. The van der Waals surface area contributed by atoms with Crippen LogP contribution in [-0.2, 0) is 4.79 Å². The van der Waals surface area contributed by atoms with E-state index in [1.54, 1.807) is 19.2 Å². The predicted octanol–water partition coefficient (Wildman–Crippen LogP) is 4.44. The molecule has 2 aliphatic rings. The quantitative estimate of drug-likeness (QED) is 0.811. The molecular formula is C20H29ClN2O2. The van der Waals surface area contributed by atoms with E-state index in [0.29, 0.717) is 10.8 Å². The predicted molar refractivity (Wildman–Crippen MR) is 102 cm³/mol. The first-order valence-corrected chi connectivity index (χ1v) is 9.68. The average Bonchev–Trinajstić information content (AvgIpc) is 3.28. The highest BCUT2D eigenvalue weighted by molar-refractivity contribution is 6.32. The lowest BCUT2D eigenvalue weighted by molar-refractivity contribution is -0.118. The number of hydrogen-bond donors (Lipinski definition) is 1. The van der Waals surface area contributed by atoms with Crippen molar-refractivity contribution < 1.29 is 9.53 Å². The van der Waals surface area contributed by atoms with Gasteiger partial charge in [0.25, 0.3) is 0 Å². The Bertz CT molecular complexity index is 624. The molecule has 1 heterocycles. The van der Waals surface area contributed by atoms with Crippen LogP contribution in [0.1, 0.15) is 39.5 Å². The molecule has 3 rings (SSSR count).